The van der Waals surface area contributed by atoms with E-state index in [-0.39, 0.29) is 42.5 Å². The summed E-state index contributed by atoms with van der Waals surface area (Å²) in [4.78, 5) is 68.9. The number of unbranched alkanes of at least 4 members (excludes halogenated alkanes) is 1. The number of fused-ring (bicyclic) bond motifs is 1. The number of ketones is 1. The van der Waals surface area contributed by atoms with E-state index in [0.717, 1.165) is 6.42 Å². The molecule has 13 nitrogen and oxygen atoms in total. The van der Waals surface area contributed by atoms with Crippen LogP contribution in [0.2, 0.25) is 0 Å². The third-order valence-corrected chi connectivity index (χ3v) is 11.7. The molecule has 0 aromatic heterocycles. The van der Waals surface area contributed by atoms with Crippen molar-refractivity contribution in [2.45, 2.75) is 113 Å². The number of amides is 5. The van der Waals surface area contributed by atoms with Crippen LogP contribution in [0.3, 0.4) is 0 Å². The average molecular weight is 697 g/mol. The quantitative estimate of drug-likeness (QED) is 0.142. The third kappa shape index (κ3) is 9.79. The molecule has 5 amide bonds. The lowest BCUT2D eigenvalue weighted by molar-refractivity contribution is -0.145. The second kappa shape index (κ2) is 15.7. The monoisotopic (exact) mass is 696 g/mol. The summed E-state index contributed by atoms with van der Waals surface area (Å²) in [5.41, 5.74) is -1.49. The van der Waals surface area contributed by atoms with Crippen LogP contribution >= 0.6 is 0 Å². The molecule has 0 aromatic rings. The molecule has 1 saturated heterocycles. The van der Waals surface area contributed by atoms with Crippen molar-refractivity contribution >= 4 is 39.6 Å². The molecule has 0 bridgehead atoms. The predicted octanol–water partition coefficient (Wildman–Crippen LogP) is 2.43. The first kappa shape index (κ1) is 41.2. The van der Waals surface area contributed by atoms with Gasteiger partial charge in [0.25, 0.3) is 5.91 Å². The zero-order valence-electron chi connectivity index (χ0n) is 30.9. The van der Waals surface area contributed by atoms with Crippen LogP contribution in [-0.2, 0) is 29.2 Å². The highest BCUT2D eigenvalue weighted by molar-refractivity contribution is 7.89. The van der Waals surface area contributed by atoms with Crippen molar-refractivity contribution < 1.29 is 32.4 Å². The van der Waals surface area contributed by atoms with Crippen LogP contribution in [0, 0.1) is 28.1 Å². The van der Waals surface area contributed by atoms with E-state index in [1.165, 1.54) is 22.3 Å². The topological polar surface area (TPSA) is 174 Å². The van der Waals surface area contributed by atoms with E-state index in [1.807, 2.05) is 62.3 Å². The number of urea groups is 1. The average Bonchev–Trinajstić information content (AvgIpc) is 3.29. The SMILES string of the molecule is C=CCNC(=O)C(=O)C(CCCC)NC(=O)[C@@H]1[C@@H]2[C@H](CN1C(=O)[C@@H](NC(=O)N[C@H](CN(C)S(=O)(=O)CC)C(C)(C)C)C(C)(C)C)C2(C)C. The molecule has 274 valence electrons. The second-order valence-corrected chi connectivity index (χ2v) is 18.3. The van der Waals surface area contributed by atoms with Gasteiger partial charge in [0.05, 0.1) is 11.8 Å². The summed E-state index contributed by atoms with van der Waals surface area (Å²) in [5.74, 6) is -2.68. The second-order valence-electron chi connectivity index (χ2n) is 16.0. The molecule has 14 heteroatoms. The minimum absolute atomic E-state index is 0.0393. The van der Waals surface area contributed by atoms with Gasteiger partial charge in [-0.05, 0) is 41.4 Å². The van der Waals surface area contributed by atoms with Gasteiger partial charge in [0.2, 0.25) is 27.6 Å². The van der Waals surface area contributed by atoms with E-state index in [1.54, 1.807) is 6.92 Å². The van der Waals surface area contributed by atoms with E-state index < -0.39 is 74.6 Å². The fourth-order valence-electron chi connectivity index (χ4n) is 6.43. The summed E-state index contributed by atoms with van der Waals surface area (Å²) in [5, 5.41) is 11.0. The molecular formula is C34H60N6O7S. The Morgan fingerprint density at radius 2 is 1.60 bits per heavy atom. The van der Waals surface area contributed by atoms with Crippen molar-refractivity contribution in [1.82, 2.24) is 30.5 Å². The molecule has 2 fully saturated rings. The first-order valence-electron chi connectivity index (χ1n) is 17.0. The fraction of sp³-hybridized carbons (Fsp3) is 0.794. The highest BCUT2D eigenvalue weighted by Gasteiger charge is 2.70. The zero-order valence-corrected chi connectivity index (χ0v) is 31.7. The lowest BCUT2D eigenvalue weighted by Crippen LogP contribution is -2.62. The van der Waals surface area contributed by atoms with Crippen LogP contribution < -0.4 is 21.3 Å². The number of carbonyl (C=O) groups is 5. The fourth-order valence-corrected chi connectivity index (χ4v) is 7.25. The van der Waals surface area contributed by atoms with Crippen molar-refractivity contribution in [2.24, 2.45) is 28.1 Å². The molecule has 0 spiro atoms. The summed E-state index contributed by atoms with van der Waals surface area (Å²) in [7, 11) is -2.03. The molecule has 0 aromatic carbocycles. The number of hydrogen-bond donors (Lipinski definition) is 4. The standard InChI is InChI=1S/C34H60N6O7S/c1-13-16-17-22(26(41)29(43)35-18-14-2)36-28(42)25-24-21(34(24,10)11)19-40(25)30(44)27(33(7,8)9)38-31(45)37-23(32(4,5)6)20-39(12)48(46,47)15-3/h14,21-25,27H,2,13,15-20H2,1,3-12H3,(H,35,43)(H,36,42)(H2,37,38,45)/t21-,22?,23+,24-,25-,27+/m0/s1. The Labute approximate surface area is 287 Å². The number of Topliss-reactive ketones (excluding diaryl/α,β-unsaturated/α-hetero) is 1. The molecule has 4 N–H and O–H groups in total. The van der Waals surface area contributed by atoms with E-state index in [9.17, 15) is 32.4 Å². The van der Waals surface area contributed by atoms with E-state index in [2.05, 4.69) is 27.8 Å². The molecule has 2 rings (SSSR count). The highest BCUT2D eigenvalue weighted by atomic mass is 32.2. The number of rotatable bonds is 16. The number of sulfonamides is 1. The van der Waals surface area contributed by atoms with Gasteiger partial charge < -0.3 is 26.2 Å². The van der Waals surface area contributed by atoms with Gasteiger partial charge in [-0.15, -0.1) is 6.58 Å². The molecule has 6 atom stereocenters. The van der Waals surface area contributed by atoms with Crippen molar-refractivity contribution in [3.8, 4) is 0 Å². The van der Waals surface area contributed by atoms with Gasteiger partial charge in [0.1, 0.15) is 12.1 Å². The Morgan fingerprint density at radius 1 is 1.00 bits per heavy atom. The molecular weight excluding hydrogens is 636 g/mol. The molecule has 0 radical (unpaired) electrons. The Hall–Kier alpha value is -3.00. The number of likely N-dealkylation sites (N-methyl/N-ethyl adjacent to an activating group) is 1. The summed E-state index contributed by atoms with van der Waals surface area (Å²) >= 11 is 0. The van der Waals surface area contributed by atoms with Gasteiger partial charge in [-0.3, -0.25) is 19.2 Å². The number of piperidine rings is 1. The number of nitrogens with one attached hydrogen (secondary N) is 4. The molecule has 1 aliphatic carbocycles. The Bertz CT molecular complexity index is 1330. The van der Waals surface area contributed by atoms with Crippen molar-refractivity contribution in [2.75, 3.05) is 32.4 Å². The van der Waals surface area contributed by atoms with Crippen LogP contribution in [-0.4, -0.2) is 104 Å². The maximum Gasteiger partial charge on any atom is 0.315 e. The number of hydrogen-bond acceptors (Lipinski definition) is 7. The van der Waals surface area contributed by atoms with Gasteiger partial charge in [0.15, 0.2) is 0 Å². The normalized spacial score (nSPS) is 22.2. The van der Waals surface area contributed by atoms with Crippen molar-refractivity contribution in [1.29, 1.82) is 0 Å². The number of nitrogens with zero attached hydrogens (tertiary/aromatic N) is 2. The maximum absolute atomic E-state index is 14.3. The predicted molar refractivity (Wildman–Crippen MR) is 186 cm³/mol. The number of likely N-dealkylation sites (tertiary alicyclic amines) is 1. The van der Waals surface area contributed by atoms with Gasteiger partial charge in [-0.2, -0.15) is 0 Å². The largest absolute Gasteiger partial charge is 0.346 e. The molecule has 1 aliphatic heterocycles. The lowest BCUT2D eigenvalue weighted by atomic mass is 9.85. The highest BCUT2D eigenvalue weighted by Crippen LogP contribution is 2.65. The first-order chi connectivity index (χ1) is 21.9. The van der Waals surface area contributed by atoms with Crippen molar-refractivity contribution in [3.05, 3.63) is 12.7 Å². The molecule has 1 unspecified atom stereocenters. The smallest absolute Gasteiger partial charge is 0.315 e. The van der Waals surface area contributed by atoms with Crippen molar-refractivity contribution in [3.63, 3.8) is 0 Å². The minimum atomic E-state index is -3.50. The molecule has 1 heterocycles. The maximum atomic E-state index is 14.3. The molecule has 1 saturated carbocycles. The van der Waals surface area contributed by atoms with Crippen LogP contribution in [0.25, 0.3) is 0 Å². The summed E-state index contributed by atoms with van der Waals surface area (Å²) in [6.07, 6.45) is 3.09. The summed E-state index contributed by atoms with van der Waals surface area (Å²) in [6.45, 7) is 22.7. The van der Waals surface area contributed by atoms with Crippen LogP contribution in [0.5, 0.6) is 0 Å². The van der Waals surface area contributed by atoms with E-state index in [0.29, 0.717) is 13.0 Å². The van der Waals surface area contributed by atoms with Gasteiger partial charge in [-0.25, -0.2) is 17.5 Å². The summed E-state index contributed by atoms with van der Waals surface area (Å²) in [6, 6.07) is -4.19. The van der Waals surface area contributed by atoms with E-state index >= 15 is 0 Å². The Morgan fingerprint density at radius 3 is 2.10 bits per heavy atom. The number of carbonyl (C=O) groups excluding carboxylic acids is 5. The molecule has 48 heavy (non-hydrogen) atoms. The lowest BCUT2D eigenvalue weighted by Gasteiger charge is -2.39. The first-order valence-corrected chi connectivity index (χ1v) is 18.6. The van der Waals surface area contributed by atoms with Gasteiger partial charge in [-0.1, -0.05) is 81.2 Å². The summed E-state index contributed by atoms with van der Waals surface area (Å²) < 4.78 is 26.1. The van der Waals surface area contributed by atoms with Gasteiger partial charge in [0, 0.05) is 32.7 Å². The molecule has 2 aliphatic rings. The van der Waals surface area contributed by atoms with Gasteiger partial charge >= 0.3 is 6.03 Å². The van der Waals surface area contributed by atoms with Crippen LogP contribution in [0.1, 0.15) is 88.5 Å². The Kier molecular flexibility index (Phi) is 13.5. The minimum Gasteiger partial charge on any atom is -0.346 e. The zero-order chi connectivity index (χ0) is 37.0. The van der Waals surface area contributed by atoms with Crippen LogP contribution in [0.15, 0.2) is 12.7 Å². The van der Waals surface area contributed by atoms with E-state index in [4.69, 9.17) is 0 Å². The third-order valence-electron chi connectivity index (χ3n) is 9.89. The Balaban J connectivity index is 2.34. The van der Waals surface area contributed by atoms with Crippen LogP contribution in [0.4, 0.5) is 4.79 Å².